The van der Waals surface area contributed by atoms with Crippen LogP contribution in [0, 0.1) is 0 Å². The van der Waals surface area contributed by atoms with Crippen LogP contribution in [-0.2, 0) is 13.6 Å². The van der Waals surface area contributed by atoms with Gasteiger partial charge in [-0.05, 0) is 53.6 Å². The van der Waals surface area contributed by atoms with Crippen LogP contribution in [0.1, 0.15) is 11.1 Å². The molecule has 0 radical (unpaired) electrons. The number of aryl methyl sites for hydroxylation is 1. The van der Waals surface area contributed by atoms with E-state index in [2.05, 4.69) is 33.1 Å². The minimum atomic E-state index is -0.0166. The monoisotopic (exact) mass is 534 g/mol. The van der Waals surface area contributed by atoms with Crippen molar-refractivity contribution in [1.29, 1.82) is 0 Å². The third-order valence-corrected chi connectivity index (χ3v) is 5.28. The Labute approximate surface area is 223 Å². The van der Waals surface area contributed by atoms with Gasteiger partial charge in [0.25, 0.3) is 5.56 Å². The van der Waals surface area contributed by atoms with Gasteiger partial charge in [-0.15, -0.1) is 37.2 Å². The highest BCUT2D eigenvalue weighted by Gasteiger charge is 2.07. The van der Waals surface area contributed by atoms with Gasteiger partial charge in [0.05, 0.1) is 5.52 Å². The molecule has 0 N–H and O–H groups in total. The van der Waals surface area contributed by atoms with Gasteiger partial charge in [-0.1, -0.05) is 18.2 Å². The van der Waals surface area contributed by atoms with Crippen LogP contribution >= 0.6 is 37.2 Å². The lowest BCUT2D eigenvalue weighted by molar-refractivity contribution is 0.217. The van der Waals surface area contributed by atoms with Gasteiger partial charge in [-0.25, -0.2) is 0 Å². The van der Waals surface area contributed by atoms with Crippen molar-refractivity contribution in [2.45, 2.75) is 6.54 Å². The predicted molar refractivity (Wildman–Crippen MR) is 149 cm³/mol. The first-order valence-electron chi connectivity index (χ1n) is 10.6. The Balaban J connectivity index is 0.00000204. The summed E-state index contributed by atoms with van der Waals surface area (Å²) in [6, 6.07) is 17.2. The topological polar surface area (TPSA) is 60.2 Å². The molecule has 0 saturated carbocycles. The van der Waals surface area contributed by atoms with Crippen LogP contribution in [0.3, 0.4) is 0 Å². The molecule has 1 aromatic carbocycles. The molecule has 0 amide bonds. The lowest BCUT2D eigenvalue weighted by atomic mass is 10.2. The summed E-state index contributed by atoms with van der Waals surface area (Å²) in [6.45, 7) is 2.90. The maximum Gasteiger partial charge on any atom is 0.250 e. The number of rotatable bonds is 9. The summed E-state index contributed by atoms with van der Waals surface area (Å²) in [7, 11) is 1.78. The molecule has 0 atom stereocenters. The van der Waals surface area contributed by atoms with E-state index < -0.39 is 0 Å². The third-order valence-electron chi connectivity index (χ3n) is 5.28. The fraction of sp³-hybridized carbons (Fsp3) is 0.192. The fourth-order valence-electron chi connectivity index (χ4n) is 3.54. The van der Waals surface area contributed by atoms with Crippen molar-refractivity contribution in [3.05, 3.63) is 107 Å². The van der Waals surface area contributed by atoms with E-state index in [-0.39, 0.29) is 42.8 Å². The molecule has 0 fully saturated rings. The molecule has 0 aliphatic rings. The molecule has 6 nitrogen and oxygen atoms in total. The first kappa shape index (κ1) is 30.1. The summed E-state index contributed by atoms with van der Waals surface area (Å²) < 4.78 is 7.68. The Morgan fingerprint density at radius 3 is 2.51 bits per heavy atom. The van der Waals surface area contributed by atoms with Gasteiger partial charge in [0, 0.05) is 62.9 Å². The highest BCUT2D eigenvalue weighted by molar-refractivity contribution is 5.86. The molecule has 3 aromatic heterocycles. The van der Waals surface area contributed by atoms with Gasteiger partial charge in [-0.2, -0.15) is 0 Å². The molecule has 0 spiro atoms. The van der Waals surface area contributed by atoms with Crippen molar-refractivity contribution in [3.63, 3.8) is 0 Å². The first-order valence-corrected chi connectivity index (χ1v) is 10.6. The molecule has 0 unspecified atom stereocenters. The second-order valence-electron chi connectivity index (χ2n) is 7.58. The van der Waals surface area contributed by atoms with Gasteiger partial charge < -0.3 is 9.30 Å². The minimum absolute atomic E-state index is 0. The first-order chi connectivity index (χ1) is 15.7. The maximum atomic E-state index is 11.8. The van der Waals surface area contributed by atoms with Crippen molar-refractivity contribution < 1.29 is 4.74 Å². The van der Waals surface area contributed by atoms with Gasteiger partial charge in [0.1, 0.15) is 12.4 Å². The number of halogens is 3. The number of benzene rings is 1. The molecule has 9 heteroatoms. The molecule has 0 aliphatic carbocycles. The number of pyridine rings is 3. The summed E-state index contributed by atoms with van der Waals surface area (Å²) >= 11 is 0. The number of nitrogens with zero attached hydrogens (tertiary/aromatic N) is 4. The van der Waals surface area contributed by atoms with Gasteiger partial charge in [0.2, 0.25) is 0 Å². The van der Waals surface area contributed by atoms with Gasteiger partial charge >= 0.3 is 0 Å². The maximum absolute atomic E-state index is 11.8. The van der Waals surface area contributed by atoms with Gasteiger partial charge in [0.15, 0.2) is 0 Å². The normalized spacial score (nSPS) is 10.5. The zero-order valence-corrected chi connectivity index (χ0v) is 21.8. The van der Waals surface area contributed by atoms with E-state index in [0.29, 0.717) is 6.61 Å². The molecular formula is C26H29Cl3N4O2. The van der Waals surface area contributed by atoms with Crippen LogP contribution < -0.4 is 10.3 Å². The second kappa shape index (κ2) is 15.2. The van der Waals surface area contributed by atoms with Crippen molar-refractivity contribution in [1.82, 2.24) is 19.4 Å². The quantitative estimate of drug-likeness (QED) is 0.295. The highest BCUT2D eigenvalue weighted by Crippen LogP contribution is 2.19. The van der Waals surface area contributed by atoms with Crippen molar-refractivity contribution in [2.24, 2.45) is 7.05 Å². The molecule has 4 aromatic rings. The molecule has 0 bridgehead atoms. The molecule has 3 heterocycles. The molecule has 0 aliphatic heterocycles. The molecule has 0 saturated heterocycles. The van der Waals surface area contributed by atoms with Crippen LogP contribution in [0.5, 0.6) is 5.75 Å². The van der Waals surface area contributed by atoms with Crippen molar-refractivity contribution >= 4 is 54.2 Å². The van der Waals surface area contributed by atoms with Crippen LogP contribution in [0.15, 0.2) is 90.3 Å². The number of hydrogen-bond acceptors (Lipinski definition) is 5. The van der Waals surface area contributed by atoms with Crippen molar-refractivity contribution in [3.8, 4) is 5.75 Å². The Bertz CT molecular complexity index is 1250. The number of aromatic nitrogens is 3. The van der Waals surface area contributed by atoms with E-state index in [4.69, 9.17) is 4.74 Å². The Morgan fingerprint density at radius 2 is 1.77 bits per heavy atom. The molecule has 35 heavy (non-hydrogen) atoms. The second-order valence-corrected chi connectivity index (χ2v) is 7.58. The van der Waals surface area contributed by atoms with Gasteiger partial charge in [-0.3, -0.25) is 19.7 Å². The van der Waals surface area contributed by atoms with E-state index in [0.717, 1.165) is 47.4 Å². The van der Waals surface area contributed by atoms with E-state index >= 15 is 0 Å². The number of ether oxygens (including phenoxy) is 1. The summed E-state index contributed by atoms with van der Waals surface area (Å²) in [5, 5.41) is 0.983. The fourth-order valence-corrected chi connectivity index (χ4v) is 3.54. The number of hydrogen-bond donors (Lipinski definition) is 0. The van der Waals surface area contributed by atoms with Crippen molar-refractivity contribution in [2.75, 3.05) is 19.7 Å². The number of fused-ring (bicyclic) bond motifs is 1. The molecule has 4 rings (SSSR count). The van der Waals surface area contributed by atoms with Crippen LogP contribution in [0.25, 0.3) is 17.0 Å². The van der Waals surface area contributed by atoms with E-state index in [1.165, 1.54) is 0 Å². The lowest BCUT2D eigenvalue weighted by Crippen LogP contribution is -2.28. The third kappa shape index (κ3) is 8.67. The average Bonchev–Trinajstić information content (AvgIpc) is 2.83. The summed E-state index contributed by atoms with van der Waals surface area (Å²) in [6.07, 6.45) is 11.5. The van der Waals surface area contributed by atoms with E-state index in [9.17, 15) is 4.79 Å². The average molecular weight is 536 g/mol. The zero-order chi connectivity index (χ0) is 22.2. The van der Waals surface area contributed by atoms with Crippen LogP contribution in [0.4, 0.5) is 0 Å². The lowest BCUT2D eigenvalue weighted by Gasteiger charge is -2.21. The summed E-state index contributed by atoms with van der Waals surface area (Å²) in [4.78, 5) is 22.4. The minimum Gasteiger partial charge on any atom is -0.492 e. The van der Waals surface area contributed by atoms with E-state index in [1.54, 1.807) is 36.3 Å². The Hall–Kier alpha value is -2.90. The smallest absolute Gasteiger partial charge is 0.250 e. The standard InChI is InChI=1S/C26H26N4O2.3ClH/c1-29-25-8-7-24(18-23(25)6-9-26(29)31)32-17-16-30(20-22-4-2-12-28-19-22)15-3-5-21-10-13-27-14-11-21;;;/h2-14,18-19H,15-17,20H2,1H3;3*1H/b5-3+;;;. The van der Waals surface area contributed by atoms with Crippen LogP contribution in [0.2, 0.25) is 0 Å². The Kier molecular flexibility index (Phi) is 13.1. The molecular weight excluding hydrogens is 507 g/mol. The zero-order valence-electron chi connectivity index (χ0n) is 19.3. The molecule has 186 valence electrons. The summed E-state index contributed by atoms with van der Waals surface area (Å²) in [5.74, 6) is 0.796. The highest BCUT2D eigenvalue weighted by atomic mass is 35.5. The van der Waals surface area contributed by atoms with Crippen LogP contribution in [-0.4, -0.2) is 39.1 Å². The predicted octanol–water partition coefficient (Wildman–Crippen LogP) is 5.19. The Morgan fingerprint density at radius 1 is 0.971 bits per heavy atom. The van der Waals surface area contributed by atoms with E-state index in [1.807, 2.05) is 48.7 Å². The summed E-state index contributed by atoms with van der Waals surface area (Å²) in [5.41, 5.74) is 3.17. The SMILES string of the molecule is Cl.Cl.Cl.Cn1c(=O)ccc2cc(OCCN(C/C=C/c3ccncc3)Cc3cccnc3)ccc21. The largest absolute Gasteiger partial charge is 0.492 e.